The zero-order valence-electron chi connectivity index (χ0n) is 9.34. The largest absolute Gasteiger partial charge is 0.325 e. The van der Waals surface area contributed by atoms with Crippen LogP contribution < -0.4 is 5.73 Å². The van der Waals surface area contributed by atoms with Crippen molar-refractivity contribution in [2.24, 2.45) is 29.4 Å². The number of rotatable bonds is 2. The minimum atomic E-state index is 0.269. The van der Waals surface area contributed by atoms with E-state index in [9.17, 15) is 0 Å². The molecule has 4 rings (SSSR count). The smallest absolute Gasteiger partial charge is 0.0190 e. The Hall–Kier alpha value is -0.0400. The maximum absolute atomic E-state index is 6.65. The van der Waals surface area contributed by atoms with Gasteiger partial charge < -0.3 is 5.73 Å². The van der Waals surface area contributed by atoms with E-state index in [1.807, 2.05) is 0 Å². The Morgan fingerprint density at radius 3 is 2.29 bits per heavy atom. The summed E-state index contributed by atoms with van der Waals surface area (Å²) in [6.45, 7) is 2.31. The van der Waals surface area contributed by atoms with Crippen molar-refractivity contribution in [3.63, 3.8) is 0 Å². The van der Waals surface area contributed by atoms with E-state index in [4.69, 9.17) is 5.73 Å². The maximum Gasteiger partial charge on any atom is 0.0190 e. The normalized spacial score (nSPS) is 55.3. The van der Waals surface area contributed by atoms with Gasteiger partial charge in [-0.25, -0.2) is 0 Å². The average Bonchev–Trinajstić information content (AvgIpc) is 2.09. The summed E-state index contributed by atoms with van der Waals surface area (Å²) < 4.78 is 0. The molecule has 4 saturated carbocycles. The van der Waals surface area contributed by atoms with Crippen LogP contribution in [-0.4, -0.2) is 5.54 Å². The second kappa shape index (κ2) is 2.98. The van der Waals surface area contributed by atoms with E-state index < -0.39 is 0 Å². The first kappa shape index (κ1) is 9.21. The lowest BCUT2D eigenvalue weighted by molar-refractivity contribution is -0.0585. The highest BCUT2D eigenvalue weighted by Crippen LogP contribution is 2.58. The van der Waals surface area contributed by atoms with Crippen LogP contribution in [0.4, 0.5) is 0 Å². The van der Waals surface area contributed by atoms with Gasteiger partial charge in [0.15, 0.2) is 0 Å². The predicted molar refractivity (Wildman–Crippen MR) is 58.9 cm³/mol. The molecule has 4 bridgehead atoms. The SMILES string of the molecule is CCC[C@@H]1C2C[C@@H]3C[C@H](C2)CC1(N)C3. The molecule has 0 aromatic carbocycles. The zero-order chi connectivity index (χ0) is 9.76. The van der Waals surface area contributed by atoms with Crippen LogP contribution in [0.1, 0.15) is 51.9 Å². The van der Waals surface area contributed by atoms with Gasteiger partial charge in [0.25, 0.3) is 0 Å². The van der Waals surface area contributed by atoms with E-state index in [0.717, 1.165) is 23.7 Å². The van der Waals surface area contributed by atoms with E-state index in [-0.39, 0.29) is 5.54 Å². The van der Waals surface area contributed by atoms with Crippen LogP contribution in [0.2, 0.25) is 0 Å². The number of hydrogen-bond donors (Lipinski definition) is 1. The molecule has 2 N–H and O–H groups in total. The second-order valence-corrected chi connectivity index (χ2v) is 6.24. The summed E-state index contributed by atoms with van der Waals surface area (Å²) in [5, 5.41) is 0. The lowest BCUT2D eigenvalue weighted by atomic mass is 9.48. The third-order valence-electron chi connectivity index (χ3n) is 5.18. The summed E-state index contributed by atoms with van der Waals surface area (Å²) in [5.41, 5.74) is 6.92. The summed E-state index contributed by atoms with van der Waals surface area (Å²) in [6, 6.07) is 0. The first-order chi connectivity index (χ1) is 6.71. The summed E-state index contributed by atoms with van der Waals surface area (Å²) >= 11 is 0. The van der Waals surface area contributed by atoms with Gasteiger partial charge in [-0.3, -0.25) is 0 Å². The molecule has 14 heavy (non-hydrogen) atoms. The Morgan fingerprint density at radius 1 is 1.14 bits per heavy atom. The quantitative estimate of drug-likeness (QED) is 0.717. The minimum absolute atomic E-state index is 0.269. The van der Waals surface area contributed by atoms with E-state index in [2.05, 4.69) is 6.92 Å². The molecule has 0 aromatic heterocycles. The fourth-order valence-corrected chi connectivity index (χ4v) is 5.04. The van der Waals surface area contributed by atoms with Crippen LogP contribution in [0.5, 0.6) is 0 Å². The second-order valence-electron chi connectivity index (χ2n) is 6.24. The molecule has 0 aromatic rings. The summed E-state index contributed by atoms with van der Waals surface area (Å²) in [6.07, 6.45) is 9.96. The topological polar surface area (TPSA) is 26.0 Å². The van der Waals surface area contributed by atoms with Gasteiger partial charge in [0.05, 0.1) is 0 Å². The molecule has 0 spiro atoms. The standard InChI is InChI=1S/C13H23N/c1-2-3-12-11-5-9-4-10(6-11)8-13(12,14)7-9/h9-12H,2-8,14H2,1H3/t9-,10+,11?,12-,13?/m1/s1. The Balaban J connectivity index is 1.86. The van der Waals surface area contributed by atoms with Crippen LogP contribution in [0.25, 0.3) is 0 Å². The molecule has 0 heterocycles. The van der Waals surface area contributed by atoms with Crippen LogP contribution >= 0.6 is 0 Å². The van der Waals surface area contributed by atoms with Gasteiger partial charge in [0.2, 0.25) is 0 Å². The van der Waals surface area contributed by atoms with Crippen molar-refractivity contribution in [2.75, 3.05) is 0 Å². The van der Waals surface area contributed by atoms with Crippen LogP contribution in [0, 0.1) is 23.7 Å². The fourth-order valence-electron chi connectivity index (χ4n) is 5.04. The van der Waals surface area contributed by atoms with E-state index in [0.29, 0.717) is 0 Å². The number of hydrogen-bond acceptors (Lipinski definition) is 1. The lowest BCUT2D eigenvalue weighted by Crippen LogP contribution is -2.62. The highest BCUT2D eigenvalue weighted by Gasteiger charge is 2.54. The molecule has 2 unspecified atom stereocenters. The van der Waals surface area contributed by atoms with Gasteiger partial charge in [-0.15, -0.1) is 0 Å². The van der Waals surface area contributed by atoms with E-state index >= 15 is 0 Å². The fraction of sp³-hybridized carbons (Fsp3) is 1.00. The molecule has 0 aliphatic heterocycles. The van der Waals surface area contributed by atoms with E-state index in [1.54, 1.807) is 0 Å². The monoisotopic (exact) mass is 193 g/mol. The lowest BCUT2D eigenvalue weighted by Gasteiger charge is -2.60. The van der Waals surface area contributed by atoms with Gasteiger partial charge >= 0.3 is 0 Å². The first-order valence-electron chi connectivity index (χ1n) is 6.50. The van der Waals surface area contributed by atoms with Crippen molar-refractivity contribution >= 4 is 0 Å². The molecule has 5 atom stereocenters. The van der Waals surface area contributed by atoms with Crippen molar-refractivity contribution < 1.29 is 0 Å². The highest BCUT2D eigenvalue weighted by molar-refractivity contribution is 5.09. The molecular weight excluding hydrogens is 170 g/mol. The third kappa shape index (κ3) is 1.18. The molecule has 1 heteroatoms. The zero-order valence-corrected chi connectivity index (χ0v) is 9.34. The van der Waals surface area contributed by atoms with Gasteiger partial charge in [0.1, 0.15) is 0 Å². The minimum Gasteiger partial charge on any atom is -0.325 e. The van der Waals surface area contributed by atoms with Crippen molar-refractivity contribution in [2.45, 2.75) is 57.4 Å². The molecule has 0 amide bonds. The van der Waals surface area contributed by atoms with Gasteiger partial charge in [0, 0.05) is 5.54 Å². The Kier molecular flexibility index (Phi) is 1.96. The molecule has 4 aliphatic rings. The van der Waals surface area contributed by atoms with Crippen molar-refractivity contribution in [1.82, 2.24) is 0 Å². The Labute approximate surface area is 87.4 Å². The molecule has 80 valence electrons. The summed E-state index contributed by atoms with van der Waals surface area (Å²) in [5.74, 6) is 3.89. The Morgan fingerprint density at radius 2 is 1.79 bits per heavy atom. The average molecular weight is 193 g/mol. The van der Waals surface area contributed by atoms with Gasteiger partial charge in [-0.1, -0.05) is 13.3 Å². The maximum atomic E-state index is 6.65. The molecule has 4 aliphatic carbocycles. The molecule has 1 nitrogen and oxygen atoms in total. The predicted octanol–water partition coefficient (Wildman–Crippen LogP) is 2.94. The van der Waals surface area contributed by atoms with Crippen molar-refractivity contribution in [3.8, 4) is 0 Å². The third-order valence-corrected chi connectivity index (χ3v) is 5.18. The molecule has 0 saturated heterocycles. The van der Waals surface area contributed by atoms with Gasteiger partial charge in [-0.05, 0) is 62.2 Å². The Bertz CT molecular complexity index is 221. The van der Waals surface area contributed by atoms with Crippen molar-refractivity contribution in [3.05, 3.63) is 0 Å². The highest BCUT2D eigenvalue weighted by atomic mass is 14.8. The van der Waals surface area contributed by atoms with Crippen LogP contribution in [0.3, 0.4) is 0 Å². The van der Waals surface area contributed by atoms with E-state index in [1.165, 1.54) is 44.9 Å². The summed E-state index contributed by atoms with van der Waals surface area (Å²) in [4.78, 5) is 0. The van der Waals surface area contributed by atoms with Crippen LogP contribution in [-0.2, 0) is 0 Å². The number of nitrogens with two attached hydrogens (primary N) is 1. The molecular formula is C13H23N. The molecule has 0 radical (unpaired) electrons. The molecule has 4 fully saturated rings. The summed E-state index contributed by atoms with van der Waals surface area (Å²) in [7, 11) is 0. The van der Waals surface area contributed by atoms with Gasteiger partial charge in [-0.2, -0.15) is 0 Å². The van der Waals surface area contributed by atoms with Crippen molar-refractivity contribution in [1.29, 1.82) is 0 Å². The first-order valence-corrected chi connectivity index (χ1v) is 6.50. The van der Waals surface area contributed by atoms with Crippen LogP contribution in [0.15, 0.2) is 0 Å².